The monoisotopic (exact) mass is 508 g/mol. The van der Waals surface area contributed by atoms with Gasteiger partial charge in [0.15, 0.2) is 0 Å². The van der Waals surface area contributed by atoms with Crippen LogP contribution in [-0.4, -0.2) is 23.9 Å². The van der Waals surface area contributed by atoms with E-state index in [4.69, 9.17) is 4.84 Å². The van der Waals surface area contributed by atoms with Crippen LogP contribution in [0.2, 0.25) is 0 Å². The van der Waals surface area contributed by atoms with Crippen molar-refractivity contribution >= 4 is 41.9 Å². The Kier molecular flexibility index (Phi) is 6.52. The van der Waals surface area contributed by atoms with Gasteiger partial charge in [-0.2, -0.15) is 0 Å². The highest BCUT2D eigenvalue weighted by Crippen LogP contribution is 2.57. The lowest BCUT2D eigenvalue weighted by atomic mass is 9.50. The number of sulfonamides is 1. The molecule has 0 amide bonds. The van der Waals surface area contributed by atoms with Crippen LogP contribution in [0.5, 0.6) is 0 Å². The first-order valence-corrected chi connectivity index (χ1v) is 12.2. The zero-order valence-corrected chi connectivity index (χ0v) is 18.9. The zero-order chi connectivity index (χ0) is 18.8. The molecule has 0 aliphatic heterocycles. The molecule has 3 aliphatic carbocycles. The largest absolute Gasteiger partial charge is 0.311 e. The molecule has 1 atom stereocenters. The number of nitrogens with one attached hydrogen (secondary N) is 2. The first kappa shape index (κ1) is 20.7. The minimum atomic E-state index is -3.73. The summed E-state index contributed by atoms with van der Waals surface area (Å²) in [7, 11) is -3.73. The van der Waals surface area contributed by atoms with Gasteiger partial charge < -0.3 is 5.32 Å². The summed E-state index contributed by atoms with van der Waals surface area (Å²) in [5.41, 5.74) is 0.328. The van der Waals surface area contributed by atoms with Crippen molar-refractivity contribution in [2.45, 2.75) is 59.3 Å². The van der Waals surface area contributed by atoms with Crippen LogP contribution < -0.4 is 10.2 Å². The Hall–Kier alpha value is 0.0100. The number of hydrogen-bond donors (Lipinski definition) is 2. The molecule has 8 heteroatoms. The molecule has 0 spiro atoms. The highest BCUT2D eigenvalue weighted by molar-refractivity contribution is 9.25. The van der Waals surface area contributed by atoms with Crippen molar-refractivity contribution in [3.8, 4) is 0 Å². The van der Waals surface area contributed by atoms with Crippen LogP contribution in [0.3, 0.4) is 0 Å². The van der Waals surface area contributed by atoms with Gasteiger partial charge in [-0.1, -0.05) is 42.8 Å². The van der Waals surface area contributed by atoms with E-state index in [9.17, 15) is 8.42 Å². The molecule has 3 aliphatic rings. The van der Waals surface area contributed by atoms with E-state index in [0.29, 0.717) is 5.54 Å². The van der Waals surface area contributed by atoms with Gasteiger partial charge in [0.2, 0.25) is 3.42 Å². The van der Waals surface area contributed by atoms with Gasteiger partial charge in [-0.25, -0.2) is 8.42 Å². The first-order chi connectivity index (χ1) is 12.3. The average molecular weight is 510 g/mol. The number of halogens is 2. The van der Waals surface area contributed by atoms with Gasteiger partial charge in [-0.3, -0.25) is 4.84 Å². The lowest BCUT2D eigenvalue weighted by Gasteiger charge is -2.62. The van der Waals surface area contributed by atoms with Gasteiger partial charge in [0, 0.05) is 18.0 Å². The second-order valence-electron chi connectivity index (χ2n) is 7.54. The topological polar surface area (TPSA) is 67.4 Å². The normalized spacial score (nSPS) is 26.0. The standard InChI is InChI=1S/C18H26Br2N2O3S/c1-2-3-7-15(13-21-17-10-14(11-17)12-17)18(19,20)25-22-26(23,24)16-8-5-4-6-9-16/h4-6,8-9,14-15,21-22H,2-3,7,10-13H2,1H3/t14?,15-,17?/m1/s1. The Labute approximate surface area is 172 Å². The molecule has 2 bridgehead atoms. The summed E-state index contributed by atoms with van der Waals surface area (Å²) in [6.07, 6.45) is 6.86. The maximum Gasteiger partial charge on any atom is 0.262 e. The van der Waals surface area contributed by atoms with E-state index in [0.717, 1.165) is 31.7 Å². The fourth-order valence-corrected chi connectivity index (χ4v) is 5.73. The van der Waals surface area contributed by atoms with Crippen molar-refractivity contribution in [3.05, 3.63) is 30.3 Å². The van der Waals surface area contributed by atoms with Gasteiger partial charge in [-0.05, 0) is 75.6 Å². The Morgan fingerprint density at radius 2 is 1.92 bits per heavy atom. The summed E-state index contributed by atoms with van der Waals surface area (Å²) in [6, 6.07) is 8.21. The molecule has 0 aromatic heterocycles. The first-order valence-electron chi connectivity index (χ1n) is 9.14. The third kappa shape index (κ3) is 4.70. The minimum Gasteiger partial charge on any atom is -0.311 e. The third-order valence-electron chi connectivity index (χ3n) is 5.48. The van der Waals surface area contributed by atoms with E-state index in [2.05, 4.69) is 49.0 Å². The molecular formula is C18H26Br2N2O3S. The van der Waals surface area contributed by atoms with Gasteiger partial charge >= 0.3 is 0 Å². The van der Waals surface area contributed by atoms with E-state index in [1.807, 2.05) is 0 Å². The quantitative estimate of drug-likeness (QED) is 0.345. The number of alkyl halides is 2. The molecule has 0 unspecified atom stereocenters. The molecule has 0 radical (unpaired) electrons. The van der Waals surface area contributed by atoms with Crippen molar-refractivity contribution in [3.63, 3.8) is 0 Å². The number of rotatable bonds is 11. The number of benzene rings is 1. The van der Waals surface area contributed by atoms with Crippen molar-refractivity contribution < 1.29 is 13.3 Å². The molecule has 26 heavy (non-hydrogen) atoms. The van der Waals surface area contributed by atoms with E-state index in [-0.39, 0.29) is 10.8 Å². The molecule has 1 aromatic rings. The summed E-state index contributed by atoms with van der Waals surface area (Å²) >= 11 is 7.10. The van der Waals surface area contributed by atoms with E-state index in [1.54, 1.807) is 18.2 Å². The molecule has 146 valence electrons. The van der Waals surface area contributed by atoms with Crippen molar-refractivity contribution in [1.29, 1.82) is 0 Å². The Balaban J connectivity index is 1.60. The van der Waals surface area contributed by atoms with E-state index >= 15 is 0 Å². The second-order valence-corrected chi connectivity index (χ2v) is 12.6. The summed E-state index contributed by atoms with van der Waals surface area (Å²) < 4.78 is 23.8. The van der Waals surface area contributed by atoms with Crippen molar-refractivity contribution in [2.24, 2.45) is 11.8 Å². The van der Waals surface area contributed by atoms with Crippen molar-refractivity contribution in [2.75, 3.05) is 6.54 Å². The summed E-state index contributed by atoms with van der Waals surface area (Å²) in [5.74, 6) is 0.998. The summed E-state index contributed by atoms with van der Waals surface area (Å²) in [6.45, 7) is 2.92. The molecule has 4 rings (SSSR count). The van der Waals surface area contributed by atoms with E-state index < -0.39 is 13.4 Å². The molecular weight excluding hydrogens is 484 g/mol. The Morgan fingerprint density at radius 1 is 1.27 bits per heavy atom. The minimum absolute atomic E-state index is 0.0787. The van der Waals surface area contributed by atoms with Gasteiger partial charge in [0.25, 0.3) is 10.0 Å². The molecule has 0 saturated heterocycles. The molecule has 0 heterocycles. The van der Waals surface area contributed by atoms with Crippen LogP contribution in [0.4, 0.5) is 0 Å². The molecule has 3 fully saturated rings. The highest BCUT2D eigenvalue weighted by atomic mass is 79.9. The van der Waals surface area contributed by atoms with Crippen LogP contribution in [-0.2, 0) is 14.9 Å². The van der Waals surface area contributed by atoms with Crippen LogP contribution >= 0.6 is 31.9 Å². The molecule has 5 nitrogen and oxygen atoms in total. The third-order valence-corrected chi connectivity index (χ3v) is 8.30. The number of unbranched alkanes of at least 4 members (excludes halogenated alkanes) is 1. The maximum atomic E-state index is 12.4. The highest BCUT2D eigenvalue weighted by Gasteiger charge is 2.56. The van der Waals surface area contributed by atoms with Crippen LogP contribution in [0.15, 0.2) is 35.2 Å². The van der Waals surface area contributed by atoms with Gasteiger partial charge in [-0.15, -0.1) is 0 Å². The second kappa shape index (κ2) is 8.17. The molecule has 1 aromatic carbocycles. The van der Waals surface area contributed by atoms with Crippen LogP contribution in [0, 0.1) is 11.8 Å². The van der Waals surface area contributed by atoms with Gasteiger partial charge in [0.1, 0.15) is 0 Å². The average Bonchev–Trinajstić information content (AvgIpc) is 2.54. The molecule has 2 N–H and O–H groups in total. The smallest absolute Gasteiger partial charge is 0.262 e. The lowest BCUT2D eigenvalue weighted by Crippen LogP contribution is -2.67. The predicted molar refractivity (Wildman–Crippen MR) is 110 cm³/mol. The SMILES string of the molecule is CCCC[C@H](CNC12CC(C1)C2)C(Br)(Br)ONS(=O)(=O)c1ccccc1. The summed E-state index contributed by atoms with van der Waals surface area (Å²) in [5, 5.41) is 3.69. The fourth-order valence-electron chi connectivity index (χ4n) is 3.72. The zero-order valence-electron chi connectivity index (χ0n) is 14.9. The maximum absolute atomic E-state index is 12.4. The van der Waals surface area contributed by atoms with Gasteiger partial charge in [0.05, 0.1) is 4.90 Å². The lowest BCUT2D eigenvalue weighted by molar-refractivity contribution is -0.0593. The fraction of sp³-hybridized carbons (Fsp3) is 0.667. The van der Waals surface area contributed by atoms with Crippen LogP contribution in [0.1, 0.15) is 45.4 Å². The predicted octanol–water partition coefficient (Wildman–Crippen LogP) is 4.29. The summed E-state index contributed by atoms with van der Waals surface area (Å²) in [4.78, 5) is 8.03. The van der Waals surface area contributed by atoms with E-state index in [1.165, 1.54) is 31.4 Å². The van der Waals surface area contributed by atoms with Crippen molar-refractivity contribution in [1.82, 2.24) is 10.2 Å². The van der Waals surface area contributed by atoms with Crippen LogP contribution in [0.25, 0.3) is 0 Å². The number of hydrogen-bond acceptors (Lipinski definition) is 4. The molecule has 3 saturated carbocycles. The Morgan fingerprint density at radius 3 is 2.46 bits per heavy atom. The Bertz CT molecular complexity index is 695.